The molecule has 1 aliphatic carbocycles. The lowest BCUT2D eigenvalue weighted by atomic mass is 9.82. The molecule has 0 radical (unpaired) electrons. The van der Waals surface area contributed by atoms with Crippen molar-refractivity contribution in [3.8, 4) is 180 Å². The van der Waals surface area contributed by atoms with Crippen LogP contribution in [0.5, 0.6) is 0 Å². The summed E-state index contributed by atoms with van der Waals surface area (Å²) in [6.07, 6.45) is 11.3. The van der Waals surface area contributed by atoms with Crippen molar-refractivity contribution in [2.75, 3.05) is 0 Å². The first kappa shape index (κ1) is 63.3. The van der Waals surface area contributed by atoms with E-state index in [2.05, 4.69) is 327 Å². The molecular weight excluding hydrogens is 1280 g/mol. The van der Waals surface area contributed by atoms with Gasteiger partial charge in [0, 0.05) is 98.2 Å². The van der Waals surface area contributed by atoms with Gasteiger partial charge in [-0.05, 0) is 185 Å². The largest absolute Gasteiger partial charge is 0.264 e. The van der Waals surface area contributed by atoms with Crippen molar-refractivity contribution in [1.29, 1.82) is 0 Å². The Morgan fingerprint density at radius 2 is 0.438 bits per heavy atom. The number of aromatic nitrogens is 9. The van der Waals surface area contributed by atoms with Crippen LogP contribution in [-0.2, 0) is 5.41 Å². The summed E-state index contributed by atoms with van der Waals surface area (Å²) in [5.74, 6) is 3.42. The summed E-state index contributed by atoms with van der Waals surface area (Å²) in [4.78, 5) is 45.9. The van der Waals surface area contributed by atoms with E-state index in [1.807, 2.05) is 43.0 Å². The van der Waals surface area contributed by atoms with E-state index >= 15 is 0 Å². The van der Waals surface area contributed by atoms with Crippen LogP contribution in [0.1, 0.15) is 25.0 Å². The zero-order chi connectivity index (χ0) is 70.2. The molecular formula is C96H65N9. The van der Waals surface area contributed by atoms with Gasteiger partial charge in [0.1, 0.15) is 0 Å². The molecule has 494 valence electrons. The quantitative estimate of drug-likeness (QED) is 0.0989. The zero-order valence-electron chi connectivity index (χ0n) is 57.6. The van der Waals surface area contributed by atoms with E-state index in [-0.39, 0.29) is 5.41 Å². The third-order valence-electron chi connectivity index (χ3n) is 20.0. The molecule has 9 nitrogen and oxygen atoms in total. The molecule has 0 N–H and O–H groups in total. The number of hydrogen-bond acceptors (Lipinski definition) is 9. The Balaban J connectivity index is 0.711. The van der Waals surface area contributed by atoms with Crippen LogP contribution in [0, 0.1) is 0 Å². The van der Waals surface area contributed by atoms with E-state index < -0.39 is 0 Å². The van der Waals surface area contributed by atoms with Crippen LogP contribution < -0.4 is 0 Å². The van der Waals surface area contributed by atoms with Gasteiger partial charge in [-0.1, -0.05) is 250 Å². The molecule has 0 atom stereocenters. The molecule has 105 heavy (non-hydrogen) atoms. The summed E-state index contributed by atoms with van der Waals surface area (Å²) in [7, 11) is 0. The summed E-state index contributed by atoms with van der Waals surface area (Å²) in [6, 6.07) is 113. The van der Waals surface area contributed by atoms with Gasteiger partial charge in [-0.3, -0.25) is 15.0 Å². The van der Waals surface area contributed by atoms with Crippen LogP contribution in [-0.4, -0.2) is 44.9 Å². The molecule has 0 fully saturated rings. The second kappa shape index (κ2) is 27.2. The monoisotopic (exact) mass is 1340 g/mol. The molecule has 18 rings (SSSR count). The topological polar surface area (TPSA) is 116 Å². The molecule has 9 heteroatoms. The number of nitrogens with zero attached hydrogens (tertiary/aromatic N) is 9. The molecule has 0 bridgehead atoms. The lowest BCUT2D eigenvalue weighted by Gasteiger charge is -2.21. The first-order valence-electron chi connectivity index (χ1n) is 35.2. The third-order valence-corrected chi connectivity index (χ3v) is 20.0. The normalized spacial score (nSPS) is 12.0. The summed E-state index contributed by atoms with van der Waals surface area (Å²) in [5.41, 5.74) is 28.8. The van der Waals surface area contributed by atoms with Crippen molar-refractivity contribution in [2.45, 2.75) is 19.3 Å². The Kier molecular flexibility index (Phi) is 16.4. The van der Waals surface area contributed by atoms with Gasteiger partial charge in [-0.25, -0.2) is 29.9 Å². The lowest BCUT2D eigenvalue weighted by molar-refractivity contribution is 0.660. The van der Waals surface area contributed by atoms with Gasteiger partial charge < -0.3 is 0 Å². The summed E-state index contributed by atoms with van der Waals surface area (Å²) < 4.78 is 0. The highest BCUT2D eigenvalue weighted by molar-refractivity contribution is 5.87. The fraction of sp³-hybridized carbons (Fsp3) is 0.0312. The van der Waals surface area contributed by atoms with Crippen molar-refractivity contribution in [1.82, 2.24) is 44.9 Å². The standard InChI is InChI=1S/C96H65N9/c1-96(2)88-41-10-9-40-86(88)87-43-42-78(57-89(87)96)94-103-93(74-34-14-24-64(49-74)62-20-5-3-6-21-62)104-95(105-94)83-54-81(63-22-7-4-8-23-63)53-82(55-83)85-56-84(60-99-61-85)73-33-13-27-67(48-73)70-30-17-37-77(52-70)92-101-90(75-35-15-28-68(50-75)65-25-11-31-71(46-65)79-38-18-44-97-58-79)100-91(102-92)76-36-16-29-69(51-76)66-26-12-32-72(47-66)80-39-19-45-98-59-80/h3-61H,1-2H3. The Bertz CT molecular complexity index is 5990. The van der Waals surface area contributed by atoms with Gasteiger partial charge in [0.25, 0.3) is 0 Å². The fourth-order valence-electron chi connectivity index (χ4n) is 14.5. The van der Waals surface area contributed by atoms with Crippen LogP contribution in [0.2, 0.25) is 0 Å². The molecule has 0 spiro atoms. The van der Waals surface area contributed by atoms with Crippen molar-refractivity contribution < 1.29 is 0 Å². The number of benzene rings is 12. The van der Waals surface area contributed by atoms with Gasteiger partial charge in [0.2, 0.25) is 0 Å². The average Bonchev–Trinajstić information content (AvgIpc) is 1.58. The summed E-state index contributed by atoms with van der Waals surface area (Å²) in [5, 5.41) is 0. The van der Waals surface area contributed by atoms with Crippen LogP contribution in [0.4, 0.5) is 0 Å². The van der Waals surface area contributed by atoms with Crippen LogP contribution in [0.25, 0.3) is 180 Å². The molecule has 5 heterocycles. The van der Waals surface area contributed by atoms with E-state index in [4.69, 9.17) is 34.9 Å². The van der Waals surface area contributed by atoms with Crippen molar-refractivity contribution in [3.63, 3.8) is 0 Å². The van der Waals surface area contributed by atoms with Gasteiger partial charge in [0.05, 0.1) is 0 Å². The Labute approximate surface area is 609 Å². The minimum atomic E-state index is -0.219. The smallest absolute Gasteiger partial charge is 0.164 e. The molecule has 1 aliphatic rings. The Hall–Kier alpha value is -13.9. The number of hydrogen-bond donors (Lipinski definition) is 0. The van der Waals surface area contributed by atoms with Crippen LogP contribution >= 0.6 is 0 Å². The fourth-order valence-corrected chi connectivity index (χ4v) is 14.5. The molecule has 0 saturated heterocycles. The highest BCUT2D eigenvalue weighted by Crippen LogP contribution is 2.50. The van der Waals surface area contributed by atoms with E-state index in [1.165, 1.54) is 22.3 Å². The highest BCUT2D eigenvalue weighted by atomic mass is 15.0. The molecule has 17 aromatic rings. The van der Waals surface area contributed by atoms with Crippen molar-refractivity contribution >= 4 is 0 Å². The van der Waals surface area contributed by atoms with Gasteiger partial charge in [-0.15, -0.1) is 0 Å². The SMILES string of the molecule is CC1(C)c2ccccc2-c2ccc(-c3nc(-c4cccc(-c5ccccc5)c4)nc(-c4cc(-c5ccccc5)cc(-c5cncc(-c6cccc(-c7cccc(-c8nc(-c9cccc(-c%10cccc(-c%11cccnc%11)c%10)c9)nc(-c9cccc(-c%10cccc(-c%11cccnc%11)c%10)c9)n8)c7)c6)c5)c4)n3)cc21. The summed E-state index contributed by atoms with van der Waals surface area (Å²) in [6.45, 7) is 4.61. The molecule has 5 aromatic heterocycles. The van der Waals surface area contributed by atoms with E-state index in [0.717, 1.165) is 134 Å². The van der Waals surface area contributed by atoms with E-state index in [1.54, 1.807) is 12.4 Å². The number of pyridine rings is 3. The van der Waals surface area contributed by atoms with Crippen LogP contribution in [0.3, 0.4) is 0 Å². The minimum Gasteiger partial charge on any atom is -0.264 e. The van der Waals surface area contributed by atoms with E-state index in [0.29, 0.717) is 34.9 Å². The first-order valence-corrected chi connectivity index (χ1v) is 35.2. The molecule has 0 unspecified atom stereocenters. The number of rotatable bonds is 15. The third kappa shape index (κ3) is 12.8. The van der Waals surface area contributed by atoms with Crippen molar-refractivity contribution in [3.05, 3.63) is 370 Å². The zero-order valence-corrected chi connectivity index (χ0v) is 57.6. The maximum absolute atomic E-state index is 5.43. The number of fused-ring (bicyclic) bond motifs is 3. The molecule has 0 aliphatic heterocycles. The van der Waals surface area contributed by atoms with Gasteiger partial charge in [0.15, 0.2) is 34.9 Å². The summed E-state index contributed by atoms with van der Waals surface area (Å²) >= 11 is 0. The first-order chi connectivity index (χ1) is 51.7. The lowest BCUT2D eigenvalue weighted by Crippen LogP contribution is -2.15. The van der Waals surface area contributed by atoms with Crippen LogP contribution in [0.15, 0.2) is 359 Å². The Morgan fingerprint density at radius 1 is 0.171 bits per heavy atom. The molecule has 0 saturated carbocycles. The Morgan fingerprint density at radius 3 is 0.867 bits per heavy atom. The molecule has 0 amide bonds. The maximum Gasteiger partial charge on any atom is 0.164 e. The van der Waals surface area contributed by atoms with E-state index in [9.17, 15) is 0 Å². The van der Waals surface area contributed by atoms with Crippen molar-refractivity contribution in [2.24, 2.45) is 0 Å². The van der Waals surface area contributed by atoms with Gasteiger partial charge >= 0.3 is 0 Å². The van der Waals surface area contributed by atoms with Gasteiger partial charge in [-0.2, -0.15) is 0 Å². The maximum atomic E-state index is 5.43. The minimum absolute atomic E-state index is 0.219. The second-order valence-electron chi connectivity index (χ2n) is 27.1. The predicted molar refractivity (Wildman–Crippen MR) is 426 cm³/mol. The average molecular weight is 1340 g/mol. The second-order valence-corrected chi connectivity index (χ2v) is 27.1. The predicted octanol–water partition coefficient (Wildman–Crippen LogP) is 23.6. The molecule has 12 aromatic carbocycles. The highest BCUT2D eigenvalue weighted by Gasteiger charge is 2.35.